The minimum absolute atomic E-state index is 0.0686. The first kappa shape index (κ1) is 36.8. The van der Waals surface area contributed by atoms with Gasteiger partial charge in [0.05, 0.1) is 12.6 Å². The molecule has 2 saturated heterocycles. The predicted molar refractivity (Wildman–Crippen MR) is 173 cm³/mol. The highest BCUT2D eigenvalue weighted by atomic mass is 16.4. The first-order chi connectivity index (χ1) is 23.3. The van der Waals surface area contributed by atoms with E-state index in [1.165, 1.54) is 16.7 Å². The molecule has 0 spiro atoms. The Morgan fingerprint density at radius 1 is 0.878 bits per heavy atom. The summed E-state index contributed by atoms with van der Waals surface area (Å²) in [5.41, 5.74) is 7.12. The van der Waals surface area contributed by atoms with E-state index in [-0.39, 0.29) is 25.8 Å². The SMILES string of the molecule is C[C@H](N)C(=O)N1CCC[C@H]1C(=O)N[C@@H](CO)C(=O)N1CCC[C@H]1C(=O)N[C@@H](Cc1c[nH]c2ccccc12)C(=O)N[C@@H](CCC(=O)O)C(=O)O. The number of benzene rings is 1. The number of aromatic amines is 1. The molecule has 2 aliphatic heterocycles. The highest BCUT2D eigenvalue weighted by molar-refractivity contribution is 5.97. The molecule has 0 saturated carbocycles. The summed E-state index contributed by atoms with van der Waals surface area (Å²) in [5.74, 6) is -6.04. The third-order valence-electron chi connectivity index (χ3n) is 8.86. The normalized spacial score (nSPS) is 19.9. The highest BCUT2D eigenvalue weighted by Gasteiger charge is 2.41. The zero-order valence-electron chi connectivity index (χ0n) is 27.1. The van der Waals surface area contributed by atoms with Crippen LogP contribution in [0.5, 0.6) is 0 Å². The Hall–Kier alpha value is -5.03. The lowest BCUT2D eigenvalue weighted by atomic mass is 10.0. The van der Waals surface area contributed by atoms with Gasteiger partial charge in [-0.1, -0.05) is 18.2 Å². The van der Waals surface area contributed by atoms with Crippen molar-refractivity contribution in [2.75, 3.05) is 19.7 Å². The summed E-state index contributed by atoms with van der Waals surface area (Å²) in [6.07, 6.45) is 2.21. The van der Waals surface area contributed by atoms with Gasteiger partial charge in [0, 0.05) is 43.0 Å². The summed E-state index contributed by atoms with van der Waals surface area (Å²) in [4.78, 5) is 95.0. The Labute approximate surface area is 281 Å². The number of aliphatic carboxylic acids is 2. The van der Waals surface area contributed by atoms with Crippen LogP contribution in [-0.2, 0) is 40.0 Å². The molecule has 4 rings (SSSR count). The number of fused-ring (bicyclic) bond motifs is 1. The van der Waals surface area contributed by atoms with Crippen molar-refractivity contribution in [1.82, 2.24) is 30.7 Å². The lowest BCUT2D eigenvalue weighted by Crippen LogP contribution is -2.59. The molecular formula is C32H43N7O10. The molecule has 9 N–H and O–H groups in total. The van der Waals surface area contributed by atoms with Crippen LogP contribution in [0, 0.1) is 0 Å². The van der Waals surface area contributed by atoms with Crippen molar-refractivity contribution in [3.05, 3.63) is 36.0 Å². The predicted octanol–water partition coefficient (Wildman–Crippen LogP) is -1.56. The van der Waals surface area contributed by atoms with Gasteiger partial charge in [-0.25, -0.2) is 4.79 Å². The fourth-order valence-electron chi connectivity index (χ4n) is 6.32. The van der Waals surface area contributed by atoms with E-state index in [9.17, 15) is 43.8 Å². The van der Waals surface area contributed by atoms with E-state index in [2.05, 4.69) is 20.9 Å². The van der Waals surface area contributed by atoms with Gasteiger partial charge < -0.3 is 51.8 Å². The molecule has 2 fully saturated rings. The van der Waals surface area contributed by atoms with Gasteiger partial charge in [-0.05, 0) is 50.7 Å². The maximum atomic E-state index is 13.7. The van der Waals surface area contributed by atoms with Gasteiger partial charge in [0.2, 0.25) is 29.5 Å². The summed E-state index contributed by atoms with van der Waals surface area (Å²) in [6.45, 7) is 1.18. The fraction of sp³-hybridized carbons (Fsp3) is 0.531. The Bertz CT molecular complexity index is 1580. The van der Waals surface area contributed by atoms with Gasteiger partial charge in [0.15, 0.2) is 0 Å². The van der Waals surface area contributed by atoms with Crippen molar-refractivity contribution in [2.45, 2.75) is 88.1 Å². The maximum absolute atomic E-state index is 13.7. The van der Waals surface area contributed by atoms with Gasteiger partial charge in [0.25, 0.3) is 0 Å². The number of nitrogens with one attached hydrogen (secondary N) is 4. The summed E-state index contributed by atoms with van der Waals surface area (Å²) in [6, 6.07) is 0.183. The molecule has 0 unspecified atom stereocenters. The molecule has 17 nitrogen and oxygen atoms in total. The Kier molecular flexibility index (Phi) is 12.3. The van der Waals surface area contributed by atoms with Crippen molar-refractivity contribution in [1.29, 1.82) is 0 Å². The number of carbonyl (C=O) groups is 7. The molecule has 2 aliphatic rings. The second-order valence-electron chi connectivity index (χ2n) is 12.4. The molecule has 0 aliphatic carbocycles. The number of aliphatic hydroxyl groups is 1. The number of carboxylic acids is 2. The maximum Gasteiger partial charge on any atom is 0.326 e. The molecule has 0 radical (unpaired) electrons. The average molecular weight is 686 g/mol. The summed E-state index contributed by atoms with van der Waals surface area (Å²) < 4.78 is 0. The number of carboxylic acid groups (broad SMARTS) is 2. The highest BCUT2D eigenvalue weighted by Crippen LogP contribution is 2.23. The van der Waals surface area contributed by atoms with E-state index in [0.717, 1.165) is 10.9 Å². The van der Waals surface area contributed by atoms with Gasteiger partial charge in [-0.2, -0.15) is 0 Å². The average Bonchev–Trinajstić information content (AvgIpc) is 3.84. The number of nitrogens with two attached hydrogens (primary N) is 1. The minimum Gasteiger partial charge on any atom is -0.481 e. The zero-order chi connectivity index (χ0) is 35.8. The number of carbonyl (C=O) groups excluding carboxylic acids is 5. The summed E-state index contributed by atoms with van der Waals surface area (Å²) in [7, 11) is 0. The molecule has 2 aromatic rings. The van der Waals surface area contributed by atoms with Crippen molar-refractivity contribution < 1.29 is 48.9 Å². The van der Waals surface area contributed by atoms with E-state index < -0.39 is 90.8 Å². The van der Waals surface area contributed by atoms with Gasteiger partial charge in [0.1, 0.15) is 30.2 Å². The number of nitrogens with zero attached hydrogens (tertiary/aromatic N) is 2. The molecule has 6 atom stereocenters. The zero-order valence-corrected chi connectivity index (χ0v) is 27.1. The molecule has 1 aromatic heterocycles. The van der Waals surface area contributed by atoms with Gasteiger partial charge >= 0.3 is 11.9 Å². The molecule has 5 amide bonds. The monoisotopic (exact) mass is 685 g/mol. The Morgan fingerprint density at radius 3 is 2.04 bits per heavy atom. The fourth-order valence-corrected chi connectivity index (χ4v) is 6.32. The number of likely N-dealkylation sites (tertiary alicyclic amines) is 2. The third kappa shape index (κ3) is 8.91. The first-order valence-electron chi connectivity index (χ1n) is 16.2. The number of rotatable bonds is 15. The molecule has 17 heteroatoms. The lowest BCUT2D eigenvalue weighted by Gasteiger charge is -2.31. The van der Waals surface area contributed by atoms with Crippen LogP contribution in [0.3, 0.4) is 0 Å². The van der Waals surface area contributed by atoms with Crippen LogP contribution in [-0.4, -0.2) is 128 Å². The smallest absolute Gasteiger partial charge is 0.326 e. The molecular weight excluding hydrogens is 642 g/mol. The second kappa shape index (κ2) is 16.4. The second-order valence-corrected chi connectivity index (χ2v) is 12.4. The standard InChI is InChI=1S/C32H43N7O10/c1-17(33)30(46)38-12-4-8-24(38)29(45)37-23(16-40)31(47)39-13-5-9-25(39)28(44)36-22(14-18-15-34-20-7-3-2-6-19(18)20)27(43)35-21(32(48)49)10-11-26(41)42/h2-3,6-7,15,17,21-25,34,40H,4-5,8-14,16,33H2,1H3,(H,35,43)(H,36,44)(H,37,45)(H,41,42)(H,48,49)/t17-,21-,22-,23-,24-,25-/m0/s1. The number of hydrogen-bond acceptors (Lipinski definition) is 9. The van der Waals surface area contributed by atoms with Crippen molar-refractivity contribution in [2.24, 2.45) is 5.73 Å². The molecule has 3 heterocycles. The minimum atomic E-state index is -1.54. The lowest BCUT2D eigenvalue weighted by molar-refractivity contribution is -0.145. The van der Waals surface area contributed by atoms with Crippen LogP contribution in [0.4, 0.5) is 0 Å². The van der Waals surface area contributed by atoms with E-state index in [1.807, 2.05) is 18.2 Å². The number of aliphatic hydroxyl groups excluding tert-OH is 1. The molecule has 1 aromatic carbocycles. The number of H-pyrrole nitrogens is 1. The van der Waals surface area contributed by atoms with Gasteiger partial charge in [-0.3, -0.25) is 28.8 Å². The quantitative estimate of drug-likeness (QED) is 0.106. The summed E-state index contributed by atoms with van der Waals surface area (Å²) >= 11 is 0. The van der Waals surface area contributed by atoms with Crippen LogP contribution < -0.4 is 21.7 Å². The molecule has 49 heavy (non-hydrogen) atoms. The Balaban J connectivity index is 1.50. The number of aromatic nitrogens is 1. The first-order valence-corrected chi connectivity index (χ1v) is 16.2. The number of para-hydroxylation sites is 1. The van der Waals surface area contributed by atoms with E-state index >= 15 is 0 Å². The number of hydrogen-bond donors (Lipinski definition) is 8. The van der Waals surface area contributed by atoms with E-state index in [0.29, 0.717) is 31.4 Å². The number of amides is 5. The van der Waals surface area contributed by atoms with Crippen LogP contribution in [0.25, 0.3) is 10.9 Å². The Morgan fingerprint density at radius 2 is 1.47 bits per heavy atom. The van der Waals surface area contributed by atoms with Gasteiger partial charge in [-0.15, -0.1) is 0 Å². The van der Waals surface area contributed by atoms with E-state index in [1.54, 1.807) is 12.3 Å². The van der Waals surface area contributed by atoms with Crippen LogP contribution in [0.2, 0.25) is 0 Å². The van der Waals surface area contributed by atoms with Crippen LogP contribution in [0.1, 0.15) is 51.0 Å². The summed E-state index contributed by atoms with van der Waals surface area (Å²) in [5, 5.41) is 37.0. The van der Waals surface area contributed by atoms with Crippen LogP contribution in [0.15, 0.2) is 30.5 Å². The topological polar surface area (TPSA) is 265 Å². The van der Waals surface area contributed by atoms with Crippen molar-refractivity contribution >= 4 is 52.4 Å². The third-order valence-corrected chi connectivity index (χ3v) is 8.86. The van der Waals surface area contributed by atoms with Crippen molar-refractivity contribution in [3.63, 3.8) is 0 Å². The molecule has 0 bridgehead atoms. The molecule has 266 valence electrons. The van der Waals surface area contributed by atoms with E-state index in [4.69, 9.17) is 10.8 Å². The largest absolute Gasteiger partial charge is 0.481 e. The van der Waals surface area contributed by atoms with Crippen LogP contribution >= 0.6 is 0 Å². The van der Waals surface area contributed by atoms with Crippen molar-refractivity contribution in [3.8, 4) is 0 Å².